The highest BCUT2D eigenvalue weighted by Gasteiger charge is 2.22. The topological polar surface area (TPSA) is 52.4 Å². The third-order valence-electron chi connectivity index (χ3n) is 4.24. The van der Waals surface area contributed by atoms with Crippen molar-refractivity contribution in [3.8, 4) is 5.75 Å². The first-order valence-corrected chi connectivity index (χ1v) is 8.97. The maximum absolute atomic E-state index is 5.94. The first kappa shape index (κ1) is 17.9. The Morgan fingerprint density at radius 2 is 2.16 bits per heavy atom. The van der Waals surface area contributed by atoms with Gasteiger partial charge in [-0.25, -0.2) is 9.67 Å². The van der Waals surface area contributed by atoms with Gasteiger partial charge in [-0.3, -0.25) is 4.90 Å². The molecule has 6 heteroatoms. The van der Waals surface area contributed by atoms with Crippen LogP contribution in [0.2, 0.25) is 0 Å². The fourth-order valence-electron chi connectivity index (χ4n) is 3.21. The largest absolute Gasteiger partial charge is 0.491 e. The predicted octanol–water partition coefficient (Wildman–Crippen LogP) is 2.58. The van der Waals surface area contributed by atoms with E-state index in [0.29, 0.717) is 0 Å². The molecule has 1 fully saturated rings. The van der Waals surface area contributed by atoms with Crippen molar-refractivity contribution in [3.05, 3.63) is 41.5 Å². The number of ether oxygens (including phenoxy) is 2. The Kier molecular flexibility index (Phi) is 5.71. The summed E-state index contributed by atoms with van der Waals surface area (Å²) < 4.78 is 13.7. The van der Waals surface area contributed by atoms with E-state index < -0.39 is 0 Å². The highest BCUT2D eigenvalue weighted by atomic mass is 16.5. The summed E-state index contributed by atoms with van der Waals surface area (Å²) in [7, 11) is 0. The van der Waals surface area contributed by atoms with Crippen LogP contribution in [0, 0.1) is 13.8 Å². The molecule has 2 aromatic rings. The lowest BCUT2D eigenvalue weighted by Gasteiger charge is -2.33. The highest BCUT2D eigenvalue weighted by molar-refractivity contribution is 5.28. The van der Waals surface area contributed by atoms with Crippen LogP contribution in [0.25, 0.3) is 0 Å². The van der Waals surface area contributed by atoms with Crippen molar-refractivity contribution in [3.63, 3.8) is 0 Å². The highest BCUT2D eigenvalue weighted by Crippen LogP contribution is 2.18. The van der Waals surface area contributed by atoms with Gasteiger partial charge < -0.3 is 9.47 Å². The smallest absolute Gasteiger partial charge is 0.147 e. The minimum absolute atomic E-state index is 0.142. The normalized spacial score (nSPS) is 18.7. The van der Waals surface area contributed by atoms with Crippen molar-refractivity contribution in [1.29, 1.82) is 0 Å². The molecule has 25 heavy (non-hydrogen) atoms. The zero-order valence-corrected chi connectivity index (χ0v) is 15.6. The minimum Gasteiger partial charge on any atom is -0.491 e. The number of aromatic nitrogens is 3. The van der Waals surface area contributed by atoms with Gasteiger partial charge in [0.05, 0.1) is 25.4 Å². The molecule has 0 aliphatic carbocycles. The molecule has 6 nitrogen and oxygen atoms in total. The van der Waals surface area contributed by atoms with Crippen LogP contribution in [-0.2, 0) is 17.8 Å². The van der Waals surface area contributed by atoms with Gasteiger partial charge in [0.1, 0.15) is 17.4 Å². The lowest BCUT2D eigenvalue weighted by molar-refractivity contribution is -0.0405. The summed E-state index contributed by atoms with van der Waals surface area (Å²) in [5.41, 5.74) is 1.27. The van der Waals surface area contributed by atoms with Crippen LogP contribution in [0.3, 0.4) is 0 Å². The molecule has 0 bridgehead atoms. The van der Waals surface area contributed by atoms with Gasteiger partial charge >= 0.3 is 0 Å². The van der Waals surface area contributed by atoms with E-state index in [-0.39, 0.29) is 12.2 Å². The third-order valence-corrected chi connectivity index (χ3v) is 4.24. The van der Waals surface area contributed by atoms with Crippen LogP contribution in [0.4, 0.5) is 0 Å². The van der Waals surface area contributed by atoms with E-state index in [9.17, 15) is 0 Å². The second-order valence-electron chi connectivity index (χ2n) is 6.93. The molecule has 1 aliphatic heterocycles. The van der Waals surface area contributed by atoms with Crippen LogP contribution < -0.4 is 4.74 Å². The molecule has 2 heterocycles. The maximum atomic E-state index is 5.94. The molecule has 0 amide bonds. The van der Waals surface area contributed by atoms with Gasteiger partial charge in [-0.1, -0.05) is 12.1 Å². The summed E-state index contributed by atoms with van der Waals surface area (Å²) >= 11 is 0. The molecule has 0 spiro atoms. The van der Waals surface area contributed by atoms with Crippen LogP contribution in [0.1, 0.15) is 31.1 Å². The van der Waals surface area contributed by atoms with E-state index in [2.05, 4.69) is 33.2 Å². The van der Waals surface area contributed by atoms with Crippen LogP contribution >= 0.6 is 0 Å². The molecular formula is C19H28N4O2. The fraction of sp³-hybridized carbons (Fsp3) is 0.579. The summed E-state index contributed by atoms with van der Waals surface area (Å²) in [5, 5.41) is 4.44. The van der Waals surface area contributed by atoms with E-state index in [1.54, 1.807) is 0 Å². The zero-order chi connectivity index (χ0) is 17.8. The van der Waals surface area contributed by atoms with Crippen molar-refractivity contribution < 1.29 is 9.47 Å². The molecule has 1 atom stereocenters. The molecule has 0 unspecified atom stereocenters. The van der Waals surface area contributed by atoms with Gasteiger partial charge in [0, 0.05) is 19.6 Å². The van der Waals surface area contributed by atoms with Crippen LogP contribution in [0.15, 0.2) is 24.3 Å². The molecule has 0 radical (unpaired) electrons. The summed E-state index contributed by atoms with van der Waals surface area (Å²) in [5.74, 6) is 2.69. The predicted molar refractivity (Wildman–Crippen MR) is 96.7 cm³/mol. The second-order valence-corrected chi connectivity index (χ2v) is 6.93. The minimum atomic E-state index is 0.142. The number of hydrogen-bond donors (Lipinski definition) is 0. The Morgan fingerprint density at radius 3 is 2.88 bits per heavy atom. The van der Waals surface area contributed by atoms with E-state index in [0.717, 1.165) is 50.2 Å². The quantitative estimate of drug-likeness (QED) is 0.806. The first-order chi connectivity index (χ1) is 12.0. The Bertz CT molecular complexity index is 698. The third kappa shape index (κ3) is 5.03. The molecule has 0 N–H and O–H groups in total. The molecule has 136 valence electrons. The average molecular weight is 344 g/mol. The lowest BCUT2D eigenvalue weighted by Crippen LogP contribution is -2.43. The van der Waals surface area contributed by atoms with Crippen molar-refractivity contribution >= 4 is 0 Å². The van der Waals surface area contributed by atoms with Crippen LogP contribution in [-0.4, -0.2) is 51.6 Å². The van der Waals surface area contributed by atoms with E-state index >= 15 is 0 Å². The van der Waals surface area contributed by atoms with E-state index in [1.807, 2.05) is 38.4 Å². The molecule has 1 aromatic heterocycles. The lowest BCUT2D eigenvalue weighted by atomic mass is 10.1. The Hall–Kier alpha value is -1.92. The summed E-state index contributed by atoms with van der Waals surface area (Å²) in [4.78, 5) is 6.80. The van der Waals surface area contributed by atoms with Gasteiger partial charge in [0.15, 0.2) is 0 Å². The SMILES string of the molecule is Cc1nc(C)n(C[C@H]2CN(Cc3cccc(OC(C)C)c3)CCO2)n1. The molecule has 3 rings (SSSR count). The second kappa shape index (κ2) is 7.97. The molecule has 1 aliphatic rings. The standard InChI is InChI=1S/C19H28N4O2/c1-14(2)25-18-7-5-6-17(10-18)11-22-8-9-24-19(12-22)13-23-16(4)20-15(3)21-23/h5-7,10,14,19H,8-9,11-13H2,1-4H3/t19-/m1/s1. The summed E-state index contributed by atoms with van der Waals surface area (Å²) in [6, 6.07) is 8.37. The van der Waals surface area contributed by atoms with Crippen molar-refractivity contribution in [1.82, 2.24) is 19.7 Å². The Morgan fingerprint density at radius 1 is 1.32 bits per heavy atom. The van der Waals surface area contributed by atoms with Gasteiger partial charge in [0.2, 0.25) is 0 Å². The van der Waals surface area contributed by atoms with E-state index in [4.69, 9.17) is 9.47 Å². The maximum Gasteiger partial charge on any atom is 0.147 e. The number of nitrogens with zero attached hydrogens (tertiary/aromatic N) is 4. The number of morpholine rings is 1. The molecular weight excluding hydrogens is 316 g/mol. The van der Waals surface area contributed by atoms with Gasteiger partial charge in [-0.2, -0.15) is 5.10 Å². The van der Waals surface area contributed by atoms with Crippen molar-refractivity contribution in [2.45, 2.75) is 53.0 Å². The van der Waals surface area contributed by atoms with Crippen molar-refractivity contribution in [2.75, 3.05) is 19.7 Å². The number of rotatable bonds is 6. The zero-order valence-electron chi connectivity index (χ0n) is 15.6. The van der Waals surface area contributed by atoms with Gasteiger partial charge in [-0.15, -0.1) is 0 Å². The summed E-state index contributed by atoms with van der Waals surface area (Å²) in [6.45, 7) is 12.3. The van der Waals surface area contributed by atoms with E-state index in [1.165, 1.54) is 5.56 Å². The van der Waals surface area contributed by atoms with Crippen LogP contribution in [0.5, 0.6) is 5.75 Å². The average Bonchev–Trinajstić information content (AvgIpc) is 2.85. The van der Waals surface area contributed by atoms with Gasteiger partial charge in [0.25, 0.3) is 0 Å². The Labute approximate surface area is 149 Å². The molecule has 1 saturated heterocycles. The van der Waals surface area contributed by atoms with Gasteiger partial charge in [-0.05, 0) is 45.4 Å². The van der Waals surface area contributed by atoms with Crippen molar-refractivity contribution in [2.24, 2.45) is 0 Å². The number of hydrogen-bond acceptors (Lipinski definition) is 5. The molecule has 0 saturated carbocycles. The monoisotopic (exact) mass is 344 g/mol. The first-order valence-electron chi connectivity index (χ1n) is 8.97. The summed E-state index contributed by atoms with van der Waals surface area (Å²) in [6.07, 6.45) is 0.334. The fourth-order valence-corrected chi connectivity index (χ4v) is 3.21. The Balaban J connectivity index is 1.59. The molecule has 1 aromatic carbocycles. The number of aryl methyl sites for hydroxylation is 2. The number of benzene rings is 1.